The molecule has 12 heteroatoms. The number of aromatic nitrogens is 5. The highest BCUT2D eigenvalue weighted by Gasteiger charge is 2.48. The molecule has 0 radical (unpaired) electrons. The van der Waals surface area contributed by atoms with Gasteiger partial charge in [0.1, 0.15) is 17.0 Å². The molecule has 3 saturated carbocycles. The summed E-state index contributed by atoms with van der Waals surface area (Å²) in [6.07, 6.45) is 2.27. The molecule has 0 aliphatic heterocycles. The van der Waals surface area contributed by atoms with Crippen LogP contribution in [0.3, 0.4) is 0 Å². The summed E-state index contributed by atoms with van der Waals surface area (Å²) in [5, 5.41) is 17.6. The van der Waals surface area contributed by atoms with Crippen LogP contribution in [-0.4, -0.2) is 41.7 Å². The first-order chi connectivity index (χ1) is 16.7. The lowest BCUT2D eigenvalue weighted by Gasteiger charge is -2.47. The quantitative estimate of drug-likeness (QED) is 0.359. The fourth-order valence-corrected chi connectivity index (χ4v) is 5.80. The number of halogens is 4. The van der Waals surface area contributed by atoms with Crippen LogP contribution in [0.4, 0.5) is 23.4 Å². The number of carbonyl (C=O) groups is 1. The Bertz CT molecular complexity index is 1450. The number of aromatic amines is 1. The summed E-state index contributed by atoms with van der Waals surface area (Å²) < 4.78 is 56.5. The van der Waals surface area contributed by atoms with Gasteiger partial charge in [-0.3, -0.25) is 4.79 Å². The van der Waals surface area contributed by atoms with Crippen molar-refractivity contribution in [1.29, 1.82) is 0 Å². The van der Waals surface area contributed by atoms with Crippen LogP contribution in [0.2, 0.25) is 0 Å². The minimum atomic E-state index is -4.67. The predicted molar refractivity (Wildman–Crippen MR) is 117 cm³/mol. The first-order valence-electron chi connectivity index (χ1n) is 11.3. The second kappa shape index (κ2) is 7.65. The number of alkyl halides is 3. The molecule has 3 N–H and O–H groups in total. The van der Waals surface area contributed by atoms with Crippen LogP contribution in [-0.2, 0) is 11.0 Å². The van der Waals surface area contributed by atoms with Gasteiger partial charge in [0, 0.05) is 29.4 Å². The Hall–Kier alpha value is -3.70. The third-order valence-corrected chi connectivity index (χ3v) is 7.36. The molecule has 0 unspecified atom stereocenters. The molecule has 2 atom stereocenters. The van der Waals surface area contributed by atoms with E-state index in [9.17, 15) is 27.5 Å². The molecule has 0 saturated heterocycles. The lowest BCUT2D eigenvalue weighted by molar-refractivity contribution is -0.148. The van der Waals surface area contributed by atoms with Crippen molar-refractivity contribution in [2.75, 3.05) is 5.32 Å². The zero-order chi connectivity index (χ0) is 24.5. The van der Waals surface area contributed by atoms with E-state index in [4.69, 9.17) is 0 Å². The van der Waals surface area contributed by atoms with Gasteiger partial charge in [-0.05, 0) is 49.7 Å². The number of carboxylic acid groups (broad SMARTS) is 1. The van der Waals surface area contributed by atoms with Crippen molar-refractivity contribution in [2.45, 2.75) is 37.9 Å². The second-order valence-electron chi connectivity index (χ2n) is 9.27. The Labute approximate surface area is 195 Å². The summed E-state index contributed by atoms with van der Waals surface area (Å²) in [5.41, 5.74) is -0.472. The van der Waals surface area contributed by atoms with Crippen LogP contribution in [0.1, 0.15) is 31.2 Å². The Morgan fingerprint density at radius 3 is 2.66 bits per heavy atom. The molecule has 35 heavy (non-hydrogen) atoms. The summed E-state index contributed by atoms with van der Waals surface area (Å²) in [5.74, 6) is -2.35. The van der Waals surface area contributed by atoms with Crippen molar-refractivity contribution in [3.63, 3.8) is 0 Å². The largest absolute Gasteiger partial charge is 0.481 e. The molecule has 3 fully saturated rings. The van der Waals surface area contributed by atoms with Crippen molar-refractivity contribution >= 4 is 28.3 Å². The minimum Gasteiger partial charge on any atom is -0.481 e. The number of hydrogen-bond donors (Lipinski definition) is 3. The SMILES string of the molecule is O=C(O)[C@H]1C2CCC(CC2)[C@@H]1Nc1nc(-c2c[nH]c3ncc(F)cc23)nn2ccc(C(F)(F)F)c12. The predicted octanol–water partition coefficient (Wildman–Crippen LogP) is 4.73. The highest BCUT2D eigenvalue weighted by molar-refractivity contribution is 5.92. The number of H-pyrrole nitrogens is 1. The van der Waals surface area contributed by atoms with E-state index in [1.165, 1.54) is 18.5 Å². The van der Waals surface area contributed by atoms with Gasteiger partial charge in [-0.15, -0.1) is 5.10 Å². The average Bonchev–Trinajstić information content (AvgIpc) is 3.43. The van der Waals surface area contributed by atoms with E-state index in [2.05, 4.69) is 25.4 Å². The highest BCUT2D eigenvalue weighted by Crippen LogP contribution is 2.47. The summed E-state index contributed by atoms with van der Waals surface area (Å²) in [7, 11) is 0. The van der Waals surface area contributed by atoms with Gasteiger partial charge in [0.2, 0.25) is 0 Å². The topological polar surface area (TPSA) is 108 Å². The number of hydrogen-bond acceptors (Lipinski definition) is 5. The molecule has 8 nitrogen and oxygen atoms in total. The van der Waals surface area contributed by atoms with E-state index in [-0.39, 0.29) is 29.0 Å². The molecule has 4 heterocycles. The van der Waals surface area contributed by atoms with E-state index < -0.39 is 35.5 Å². The van der Waals surface area contributed by atoms with Crippen LogP contribution in [0, 0.1) is 23.6 Å². The fourth-order valence-electron chi connectivity index (χ4n) is 5.80. The van der Waals surface area contributed by atoms with Gasteiger partial charge in [0.15, 0.2) is 11.6 Å². The van der Waals surface area contributed by atoms with E-state index in [1.54, 1.807) is 0 Å². The van der Waals surface area contributed by atoms with Gasteiger partial charge in [-0.25, -0.2) is 18.9 Å². The number of rotatable bonds is 4. The molecule has 2 bridgehead atoms. The molecular formula is C23H20F4N6O2. The summed E-state index contributed by atoms with van der Waals surface area (Å²) >= 11 is 0. The van der Waals surface area contributed by atoms with Crippen molar-refractivity contribution in [2.24, 2.45) is 17.8 Å². The monoisotopic (exact) mass is 488 g/mol. The fraction of sp³-hybridized carbons (Fsp3) is 0.391. The van der Waals surface area contributed by atoms with E-state index in [1.807, 2.05) is 0 Å². The van der Waals surface area contributed by atoms with Gasteiger partial charge in [-0.2, -0.15) is 13.2 Å². The Morgan fingerprint density at radius 1 is 1.20 bits per heavy atom. The Morgan fingerprint density at radius 2 is 1.94 bits per heavy atom. The first kappa shape index (κ1) is 21.8. The maximum Gasteiger partial charge on any atom is 0.418 e. The van der Waals surface area contributed by atoms with Gasteiger partial charge in [-0.1, -0.05) is 0 Å². The molecule has 7 rings (SSSR count). The van der Waals surface area contributed by atoms with Crippen LogP contribution < -0.4 is 5.32 Å². The standard InChI is InChI=1S/C23H20F4N6O2/c24-12-7-13-14(9-29-19(13)28-8-12)20-31-21(18-15(23(25,26)27)5-6-33(18)32-20)30-17-11-3-1-10(2-4-11)16(17)22(34)35/h5-11,16-17H,1-4H2,(H,28,29)(H,34,35)(H,30,31,32)/t10?,11?,16-,17-/m0/s1. The number of nitrogens with zero attached hydrogens (tertiary/aromatic N) is 4. The maximum absolute atomic E-state index is 13.9. The number of pyridine rings is 1. The third-order valence-electron chi connectivity index (χ3n) is 7.36. The first-order valence-corrected chi connectivity index (χ1v) is 11.3. The molecule has 3 aliphatic carbocycles. The number of anilines is 1. The normalized spacial score (nSPS) is 24.3. The maximum atomic E-state index is 13.9. The summed E-state index contributed by atoms with van der Waals surface area (Å²) in [6, 6.07) is 1.59. The van der Waals surface area contributed by atoms with Crippen molar-refractivity contribution in [3.05, 3.63) is 42.1 Å². The molecule has 0 amide bonds. The van der Waals surface area contributed by atoms with E-state index >= 15 is 0 Å². The lowest BCUT2D eigenvalue weighted by atomic mass is 9.61. The molecule has 4 aromatic rings. The molecular weight excluding hydrogens is 468 g/mol. The van der Waals surface area contributed by atoms with Crippen LogP contribution in [0.25, 0.3) is 27.9 Å². The van der Waals surface area contributed by atoms with Gasteiger partial charge in [0.05, 0.1) is 17.7 Å². The van der Waals surface area contributed by atoms with Crippen molar-refractivity contribution < 1.29 is 27.5 Å². The van der Waals surface area contributed by atoms with Gasteiger partial charge < -0.3 is 15.4 Å². The highest BCUT2D eigenvalue weighted by atomic mass is 19.4. The van der Waals surface area contributed by atoms with E-state index in [0.29, 0.717) is 16.6 Å². The van der Waals surface area contributed by atoms with Crippen LogP contribution >= 0.6 is 0 Å². The number of fused-ring (bicyclic) bond motifs is 5. The van der Waals surface area contributed by atoms with Crippen molar-refractivity contribution in [3.8, 4) is 11.4 Å². The number of carboxylic acids is 1. The molecule has 3 aliphatic rings. The second-order valence-corrected chi connectivity index (χ2v) is 9.27. The average molecular weight is 488 g/mol. The molecule has 0 aromatic carbocycles. The van der Waals surface area contributed by atoms with E-state index in [0.717, 1.165) is 42.5 Å². The molecule has 0 spiro atoms. The number of aliphatic carboxylic acids is 1. The molecule has 4 aromatic heterocycles. The number of nitrogens with one attached hydrogen (secondary N) is 2. The third kappa shape index (κ3) is 3.50. The molecule has 182 valence electrons. The van der Waals surface area contributed by atoms with Crippen molar-refractivity contribution in [1.82, 2.24) is 24.6 Å². The lowest BCUT2D eigenvalue weighted by Crippen LogP contribution is -2.51. The zero-order valence-electron chi connectivity index (χ0n) is 18.2. The smallest absolute Gasteiger partial charge is 0.418 e. The van der Waals surface area contributed by atoms with Gasteiger partial charge >= 0.3 is 12.1 Å². The van der Waals surface area contributed by atoms with Crippen LogP contribution in [0.15, 0.2) is 30.7 Å². The minimum absolute atomic E-state index is 0.00949. The zero-order valence-corrected chi connectivity index (χ0v) is 18.2. The summed E-state index contributed by atoms with van der Waals surface area (Å²) in [6.45, 7) is 0. The Kier molecular flexibility index (Phi) is 4.77. The summed E-state index contributed by atoms with van der Waals surface area (Å²) in [4.78, 5) is 23.4. The van der Waals surface area contributed by atoms with Crippen LogP contribution in [0.5, 0.6) is 0 Å². The Balaban J connectivity index is 1.53. The van der Waals surface area contributed by atoms with Gasteiger partial charge in [0.25, 0.3) is 0 Å².